The van der Waals surface area contributed by atoms with Gasteiger partial charge in [-0.1, -0.05) is 74.5 Å². The van der Waals surface area contributed by atoms with Crippen LogP contribution < -0.4 is 10.6 Å². The maximum Gasteiger partial charge on any atom is 0.481 e. The van der Waals surface area contributed by atoms with Gasteiger partial charge in [-0.25, -0.2) is 4.79 Å². The summed E-state index contributed by atoms with van der Waals surface area (Å²) in [6.07, 6.45) is 3.33. The van der Waals surface area contributed by atoms with Crippen molar-refractivity contribution in [3.05, 3.63) is 71.8 Å². The standard InChI is InChI=1S/C35H45BClN3O6/c1-34(2)25-20-28(34)35(3)29(21-25)45-36(46-35)30(16-17-37)39-31(41)27-15-10-18-40(27)32(42)26(19-23-11-6-4-7-12-23)38-33(43)44-22-24-13-8-5-9-14-24/h4-9,11-14,25-30H,10,15-22H2,1-3H3,(H,38,43)(H,39,41)/t25?,26-,27-,28?,29+,30?,35-/m0/s1. The van der Waals surface area contributed by atoms with Crippen LogP contribution in [0.5, 0.6) is 0 Å². The third-order valence-electron chi connectivity index (χ3n) is 11.0. The highest BCUT2D eigenvalue weighted by Crippen LogP contribution is 2.65. The Morgan fingerprint density at radius 1 is 1.02 bits per heavy atom. The molecule has 3 saturated carbocycles. The summed E-state index contributed by atoms with van der Waals surface area (Å²) >= 11 is 6.22. The molecule has 2 aromatic rings. The van der Waals surface area contributed by atoms with E-state index in [4.69, 9.17) is 25.6 Å². The SMILES string of the molecule is CC1(C)C2CC1[C@]1(C)OB(C(CCCl)NC(=O)[C@@H]3CCCN3C(=O)[C@H](Cc3ccccc3)NC(=O)OCc3ccccc3)O[C@@H]1C2. The number of hydrogen-bond donors (Lipinski definition) is 2. The number of benzene rings is 2. The number of amides is 3. The average Bonchev–Trinajstić information content (AvgIpc) is 3.68. The molecule has 0 spiro atoms. The van der Waals surface area contributed by atoms with E-state index < -0.39 is 36.8 Å². The lowest BCUT2D eigenvalue weighted by Gasteiger charge is -2.64. The van der Waals surface area contributed by atoms with Gasteiger partial charge in [0.2, 0.25) is 11.8 Å². The minimum Gasteiger partial charge on any atom is -0.445 e. The molecule has 2 bridgehead atoms. The molecule has 2 aromatic carbocycles. The molecule has 246 valence electrons. The Kier molecular flexibility index (Phi) is 9.69. The first kappa shape index (κ1) is 32.8. The normalized spacial score (nSPS) is 28.9. The van der Waals surface area contributed by atoms with E-state index in [-0.39, 0.29) is 36.4 Å². The van der Waals surface area contributed by atoms with Gasteiger partial charge in [-0.2, -0.15) is 0 Å². The molecule has 0 radical (unpaired) electrons. The zero-order valence-corrected chi connectivity index (χ0v) is 27.7. The molecule has 3 amide bonds. The number of halogens is 1. The van der Waals surface area contributed by atoms with Gasteiger partial charge in [0.05, 0.1) is 17.6 Å². The maximum absolute atomic E-state index is 14.1. The highest BCUT2D eigenvalue weighted by atomic mass is 35.5. The summed E-state index contributed by atoms with van der Waals surface area (Å²) in [5.41, 5.74) is 1.53. The van der Waals surface area contributed by atoms with Crippen molar-refractivity contribution in [1.82, 2.24) is 15.5 Å². The van der Waals surface area contributed by atoms with Crippen LogP contribution in [0.1, 0.15) is 64.0 Å². The third kappa shape index (κ3) is 6.53. The zero-order valence-electron chi connectivity index (χ0n) is 27.0. The van der Waals surface area contributed by atoms with Crippen LogP contribution in [-0.2, 0) is 36.7 Å². The second kappa shape index (κ2) is 13.6. The van der Waals surface area contributed by atoms with Crippen molar-refractivity contribution in [3.8, 4) is 0 Å². The average molecular weight is 650 g/mol. The van der Waals surface area contributed by atoms with Crippen molar-refractivity contribution in [2.24, 2.45) is 17.3 Å². The van der Waals surface area contributed by atoms with Crippen molar-refractivity contribution < 1.29 is 28.4 Å². The third-order valence-corrected chi connectivity index (χ3v) is 11.2. The summed E-state index contributed by atoms with van der Waals surface area (Å²) < 4.78 is 18.6. The van der Waals surface area contributed by atoms with Crippen molar-refractivity contribution in [2.75, 3.05) is 12.4 Å². The van der Waals surface area contributed by atoms with Crippen molar-refractivity contribution in [3.63, 3.8) is 0 Å². The lowest BCUT2D eigenvalue weighted by molar-refractivity contribution is -0.199. The minimum absolute atomic E-state index is 0.0139. The molecule has 7 rings (SSSR count). The summed E-state index contributed by atoms with van der Waals surface area (Å²) in [4.78, 5) is 42.4. The van der Waals surface area contributed by atoms with Crippen LogP contribution in [0.3, 0.4) is 0 Å². The van der Waals surface area contributed by atoms with Gasteiger partial charge in [0.1, 0.15) is 18.7 Å². The topological polar surface area (TPSA) is 106 Å². The first-order valence-electron chi connectivity index (χ1n) is 16.6. The molecule has 3 unspecified atom stereocenters. The number of carbonyl (C=O) groups excluding carboxylic acids is 3. The minimum atomic E-state index is -0.905. The summed E-state index contributed by atoms with van der Waals surface area (Å²) in [6.45, 7) is 7.28. The zero-order chi connectivity index (χ0) is 32.5. The molecule has 5 aliphatic rings. The number of rotatable bonds is 11. The molecule has 5 fully saturated rings. The molecule has 2 aliphatic heterocycles. The van der Waals surface area contributed by atoms with Crippen molar-refractivity contribution in [1.29, 1.82) is 0 Å². The van der Waals surface area contributed by atoms with E-state index in [9.17, 15) is 14.4 Å². The van der Waals surface area contributed by atoms with Gasteiger partial charge in [0, 0.05) is 18.8 Å². The van der Waals surface area contributed by atoms with Crippen LogP contribution >= 0.6 is 11.6 Å². The highest BCUT2D eigenvalue weighted by Gasteiger charge is 2.68. The van der Waals surface area contributed by atoms with Crippen molar-refractivity contribution in [2.45, 2.75) is 95.6 Å². The van der Waals surface area contributed by atoms with Crippen LogP contribution in [-0.4, -0.2) is 72.1 Å². The van der Waals surface area contributed by atoms with E-state index in [2.05, 4.69) is 31.4 Å². The number of likely N-dealkylation sites (tertiary alicyclic amines) is 1. The number of alkyl carbamates (subject to hydrolysis) is 1. The Labute approximate surface area is 277 Å². The molecule has 2 saturated heterocycles. The Hall–Kier alpha value is -3.08. The van der Waals surface area contributed by atoms with Crippen LogP contribution in [0.25, 0.3) is 0 Å². The lowest BCUT2D eigenvalue weighted by atomic mass is 9.43. The summed E-state index contributed by atoms with van der Waals surface area (Å²) in [7, 11) is -0.606. The van der Waals surface area contributed by atoms with Crippen LogP contribution in [0.2, 0.25) is 0 Å². The Bertz CT molecular complexity index is 1400. The fourth-order valence-electron chi connectivity index (χ4n) is 8.20. The second-order valence-corrected chi connectivity index (χ2v) is 14.4. The molecule has 2 heterocycles. The van der Waals surface area contributed by atoms with Gasteiger partial charge in [-0.3, -0.25) is 9.59 Å². The predicted molar refractivity (Wildman–Crippen MR) is 176 cm³/mol. The van der Waals surface area contributed by atoms with Crippen LogP contribution in [0.4, 0.5) is 4.79 Å². The fourth-order valence-corrected chi connectivity index (χ4v) is 8.44. The summed E-state index contributed by atoms with van der Waals surface area (Å²) in [5, 5.41) is 5.93. The number of alkyl halides is 1. The highest BCUT2D eigenvalue weighted by molar-refractivity contribution is 6.48. The fraction of sp³-hybridized carbons (Fsp3) is 0.571. The Balaban J connectivity index is 1.12. The van der Waals surface area contributed by atoms with Gasteiger partial charge in [0.15, 0.2) is 0 Å². The van der Waals surface area contributed by atoms with Gasteiger partial charge < -0.3 is 29.6 Å². The Morgan fingerprint density at radius 2 is 1.72 bits per heavy atom. The van der Waals surface area contributed by atoms with E-state index in [1.165, 1.54) is 0 Å². The van der Waals surface area contributed by atoms with Gasteiger partial charge in [-0.05, 0) is 67.4 Å². The number of carbonyl (C=O) groups is 3. The number of hydrogen-bond acceptors (Lipinski definition) is 6. The van der Waals surface area contributed by atoms with E-state index in [0.29, 0.717) is 43.5 Å². The second-order valence-electron chi connectivity index (χ2n) is 14.1. The number of ether oxygens (including phenoxy) is 1. The summed E-state index contributed by atoms with van der Waals surface area (Å²) in [6, 6.07) is 17.3. The molecule has 2 N–H and O–H groups in total. The first-order chi connectivity index (χ1) is 22.1. The van der Waals surface area contributed by atoms with Gasteiger partial charge in [0.25, 0.3) is 0 Å². The van der Waals surface area contributed by atoms with Crippen LogP contribution in [0.15, 0.2) is 60.7 Å². The number of nitrogens with zero attached hydrogens (tertiary/aromatic N) is 1. The quantitative estimate of drug-likeness (QED) is 0.265. The molecule has 7 atom stereocenters. The smallest absolute Gasteiger partial charge is 0.445 e. The van der Waals surface area contributed by atoms with E-state index in [0.717, 1.165) is 24.0 Å². The molecular weight excluding hydrogens is 605 g/mol. The van der Waals surface area contributed by atoms with Crippen LogP contribution in [0, 0.1) is 17.3 Å². The van der Waals surface area contributed by atoms with E-state index in [1.807, 2.05) is 60.7 Å². The molecular formula is C35H45BClN3O6. The molecule has 3 aliphatic carbocycles. The van der Waals surface area contributed by atoms with Gasteiger partial charge in [-0.15, -0.1) is 11.6 Å². The van der Waals surface area contributed by atoms with Gasteiger partial charge >= 0.3 is 13.2 Å². The lowest BCUT2D eigenvalue weighted by Crippen LogP contribution is -2.65. The predicted octanol–water partition coefficient (Wildman–Crippen LogP) is 4.90. The molecule has 46 heavy (non-hydrogen) atoms. The largest absolute Gasteiger partial charge is 0.481 e. The number of nitrogens with one attached hydrogen (secondary N) is 2. The molecule has 9 nitrogen and oxygen atoms in total. The maximum atomic E-state index is 14.1. The monoisotopic (exact) mass is 649 g/mol. The summed E-state index contributed by atoms with van der Waals surface area (Å²) in [5.74, 6) is 0.317. The van der Waals surface area contributed by atoms with E-state index >= 15 is 0 Å². The Morgan fingerprint density at radius 3 is 2.39 bits per heavy atom. The van der Waals surface area contributed by atoms with E-state index in [1.54, 1.807) is 4.90 Å². The molecule has 11 heteroatoms. The molecule has 0 aromatic heterocycles. The first-order valence-corrected chi connectivity index (χ1v) is 17.1. The van der Waals surface area contributed by atoms with Crippen molar-refractivity contribution >= 4 is 36.6 Å².